The Morgan fingerprint density at radius 1 is 1.06 bits per heavy atom. The number of hydrogen-bond acceptors (Lipinski definition) is 5. The average molecular weight is 482 g/mol. The van der Waals surface area contributed by atoms with E-state index in [0.717, 1.165) is 19.3 Å². The largest absolute Gasteiger partial charge is 0.466 e. The lowest BCUT2D eigenvalue weighted by atomic mass is 10.1. The molecule has 3 aromatic rings. The van der Waals surface area contributed by atoms with Gasteiger partial charge in [-0.05, 0) is 56.7 Å². The van der Waals surface area contributed by atoms with Gasteiger partial charge >= 0.3 is 5.97 Å². The van der Waals surface area contributed by atoms with E-state index in [1.165, 1.54) is 28.8 Å². The van der Waals surface area contributed by atoms with Crippen LogP contribution >= 0.6 is 0 Å². The summed E-state index contributed by atoms with van der Waals surface area (Å²) in [6.07, 6.45) is 2.68. The van der Waals surface area contributed by atoms with Gasteiger partial charge in [-0.25, -0.2) is 9.37 Å². The van der Waals surface area contributed by atoms with Crippen molar-refractivity contribution in [2.75, 3.05) is 13.2 Å². The van der Waals surface area contributed by atoms with Crippen LogP contribution in [0.25, 0.3) is 16.6 Å². The van der Waals surface area contributed by atoms with E-state index in [0.29, 0.717) is 29.0 Å². The van der Waals surface area contributed by atoms with Crippen LogP contribution < -0.4 is 5.56 Å². The molecule has 0 radical (unpaired) electrons. The van der Waals surface area contributed by atoms with Gasteiger partial charge in [0.05, 0.1) is 35.7 Å². The summed E-state index contributed by atoms with van der Waals surface area (Å²) >= 11 is 0. The first-order valence-electron chi connectivity index (χ1n) is 12.1. The number of esters is 1. The number of amides is 1. The van der Waals surface area contributed by atoms with Crippen LogP contribution in [0, 0.1) is 5.82 Å². The third-order valence-corrected chi connectivity index (χ3v) is 5.90. The van der Waals surface area contributed by atoms with Crippen LogP contribution in [0.1, 0.15) is 64.7 Å². The van der Waals surface area contributed by atoms with Gasteiger partial charge < -0.3 is 9.64 Å². The molecule has 8 heteroatoms. The Labute approximate surface area is 204 Å². The number of carbonyl (C=O) groups is 2. The lowest BCUT2D eigenvalue weighted by molar-refractivity contribution is -0.146. The number of carbonyl (C=O) groups excluding carboxylic acids is 2. The molecule has 0 N–H and O–H groups in total. The van der Waals surface area contributed by atoms with Crippen molar-refractivity contribution in [1.82, 2.24) is 14.5 Å². The zero-order chi connectivity index (χ0) is 25.4. The zero-order valence-corrected chi connectivity index (χ0v) is 20.5. The van der Waals surface area contributed by atoms with Crippen LogP contribution in [0.5, 0.6) is 0 Å². The summed E-state index contributed by atoms with van der Waals surface area (Å²) in [6, 6.07) is 12.1. The Kier molecular flexibility index (Phi) is 9.11. The third-order valence-electron chi connectivity index (χ3n) is 5.90. The molecular formula is C27H32FN3O4. The van der Waals surface area contributed by atoms with Gasteiger partial charge in [-0.2, -0.15) is 0 Å². The molecule has 7 nitrogen and oxygen atoms in total. The molecule has 3 rings (SSSR count). The van der Waals surface area contributed by atoms with Crippen molar-refractivity contribution in [1.29, 1.82) is 0 Å². The number of rotatable bonds is 11. The normalized spacial score (nSPS) is 11.9. The number of aromatic nitrogens is 2. The highest BCUT2D eigenvalue weighted by molar-refractivity contribution is 5.82. The molecule has 0 saturated heterocycles. The van der Waals surface area contributed by atoms with Gasteiger partial charge in [0.1, 0.15) is 11.6 Å². The maximum atomic E-state index is 13.6. The number of fused-ring (bicyclic) bond motifs is 1. The third kappa shape index (κ3) is 6.32. The summed E-state index contributed by atoms with van der Waals surface area (Å²) in [4.78, 5) is 45.1. The zero-order valence-electron chi connectivity index (χ0n) is 20.5. The molecule has 0 aliphatic carbocycles. The first kappa shape index (κ1) is 26.1. The van der Waals surface area contributed by atoms with E-state index in [1.54, 1.807) is 36.1 Å². The molecule has 35 heavy (non-hydrogen) atoms. The first-order valence-corrected chi connectivity index (χ1v) is 12.1. The van der Waals surface area contributed by atoms with Gasteiger partial charge in [-0.3, -0.25) is 19.0 Å². The van der Waals surface area contributed by atoms with E-state index < -0.39 is 17.8 Å². The number of ether oxygens (including phenoxy) is 1. The molecule has 1 amide bonds. The van der Waals surface area contributed by atoms with Crippen LogP contribution in [0.15, 0.2) is 53.3 Å². The number of para-hydroxylation sites is 1. The number of hydrogen-bond donors (Lipinski definition) is 0. The second kappa shape index (κ2) is 12.2. The van der Waals surface area contributed by atoms with Crippen LogP contribution in [-0.4, -0.2) is 39.5 Å². The van der Waals surface area contributed by atoms with Crippen molar-refractivity contribution in [2.45, 2.75) is 58.9 Å². The molecule has 1 atom stereocenters. The topological polar surface area (TPSA) is 81.5 Å². The molecule has 1 aromatic heterocycles. The molecular weight excluding hydrogens is 449 g/mol. The summed E-state index contributed by atoms with van der Waals surface area (Å²) in [5.41, 5.74) is 0.686. The highest BCUT2D eigenvalue weighted by Crippen LogP contribution is 2.24. The Bertz CT molecular complexity index is 1220. The predicted octanol–water partition coefficient (Wildman–Crippen LogP) is 4.95. The molecule has 0 aliphatic rings. The first-order chi connectivity index (χ1) is 16.9. The fraction of sp³-hybridized carbons (Fsp3) is 0.407. The van der Waals surface area contributed by atoms with Gasteiger partial charge in [0.15, 0.2) is 0 Å². The van der Waals surface area contributed by atoms with Crippen LogP contribution in [0.3, 0.4) is 0 Å². The Balaban J connectivity index is 2.07. The summed E-state index contributed by atoms with van der Waals surface area (Å²) in [6.45, 7) is 6.34. The Hall–Kier alpha value is -3.55. The molecule has 1 unspecified atom stereocenters. The number of halogens is 1. The van der Waals surface area contributed by atoms with Crippen molar-refractivity contribution >= 4 is 22.8 Å². The molecule has 2 aromatic carbocycles. The summed E-state index contributed by atoms with van der Waals surface area (Å²) in [5.74, 6) is -0.675. The molecule has 0 aliphatic heterocycles. The SMILES string of the molecule is CCCCCN(C(=O)CCC(=O)OCC)C(C)c1nc2ccccc2c(=O)n1-c1ccc(F)cc1. The van der Waals surface area contributed by atoms with E-state index in [-0.39, 0.29) is 30.9 Å². The van der Waals surface area contributed by atoms with Crippen molar-refractivity contribution < 1.29 is 18.7 Å². The van der Waals surface area contributed by atoms with Crippen molar-refractivity contribution in [3.8, 4) is 5.69 Å². The minimum atomic E-state index is -0.566. The van der Waals surface area contributed by atoms with E-state index in [2.05, 4.69) is 6.92 Å². The van der Waals surface area contributed by atoms with Crippen molar-refractivity contribution in [3.63, 3.8) is 0 Å². The fourth-order valence-electron chi connectivity index (χ4n) is 4.06. The van der Waals surface area contributed by atoms with E-state index >= 15 is 0 Å². The second-order valence-corrected chi connectivity index (χ2v) is 8.38. The van der Waals surface area contributed by atoms with Crippen molar-refractivity contribution in [2.24, 2.45) is 0 Å². The van der Waals surface area contributed by atoms with Gasteiger partial charge in [-0.15, -0.1) is 0 Å². The average Bonchev–Trinajstić information content (AvgIpc) is 2.86. The summed E-state index contributed by atoms with van der Waals surface area (Å²) in [7, 11) is 0. The minimum Gasteiger partial charge on any atom is -0.466 e. The van der Waals surface area contributed by atoms with E-state index in [4.69, 9.17) is 9.72 Å². The highest BCUT2D eigenvalue weighted by atomic mass is 19.1. The monoisotopic (exact) mass is 481 g/mol. The van der Waals surface area contributed by atoms with Crippen molar-refractivity contribution in [3.05, 3.63) is 70.5 Å². The van der Waals surface area contributed by atoms with Crippen LogP contribution in [0.4, 0.5) is 4.39 Å². The van der Waals surface area contributed by atoms with E-state index in [1.807, 2.05) is 6.92 Å². The van der Waals surface area contributed by atoms with Gasteiger partial charge in [0.25, 0.3) is 5.56 Å². The summed E-state index contributed by atoms with van der Waals surface area (Å²) < 4.78 is 20.0. The Morgan fingerprint density at radius 3 is 2.46 bits per heavy atom. The smallest absolute Gasteiger partial charge is 0.306 e. The van der Waals surface area contributed by atoms with Crippen LogP contribution in [0.2, 0.25) is 0 Å². The maximum absolute atomic E-state index is 13.6. The quantitative estimate of drug-likeness (QED) is 0.286. The lowest BCUT2D eigenvalue weighted by Gasteiger charge is -2.30. The van der Waals surface area contributed by atoms with Crippen LogP contribution in [-0.2, 0) is 14.3 Å². The molecule has 0 spiro atoms. The Morgan fingerprint density at radius 2 is 1.77 bits per heavy atom. The summed E-state index contributed by atoms with van der Waals surface area (Å²) in [5, 5.41) is 0.430. The van der Waals surface area contributed by atoms with Gasteiger partial charge in [0, 0.05) is 13.0 Å². The molecule has 0 fully saturated rings. The number of benzene rings is 2. The predicted molar refractivity (Wildman–Crippen MR) is 133 cm³/mol. The second-order valence-electron chi connectivity index (χ2n) is 8.38. The number of unbranched alkanes of at least 4 members (excludes halogenated alkanes) is 2. The molecule has 0 bridgehead atoms. The van der Waals surface area contributed by atoms with Gasteiger partial charge in [-0.1, -0.05) is 31.9 Å². The minimum absolute atomic E-state index is 0.00363. The molecule has 0 saturated carbocycles. The highest BCUT2D eigenvalue weighted by Gasteiger charge is 2.27. The lowest BCUT2D eigenvalue weighted by Crippen LogP contribution is -2.38. The fourth-order valence-corrected chi connectivity index (χ4v) is 4.06. The number of nitrogens with zero attached hydrogens (tertiary/aromatic N) is 3. The van der Waals surface area contributed by atoms with E-state index in [9.17, 15) is 18.8 Å². The standard InChI is InChI=1S/C27H32FN3O4/c1-4-6-9-18-30(24(32)16-17-25(33)35-5-2)19(3)26-29-23-11-8-7-10-22(23)27(34)31(26)21-14-12-20(28)13-15-21/h7-8,10-15,19H,4-6,9,16-18H2,1-3H3. The molecule has 1 heterocycles. The van der Waals surface area contributed by atoms with Gasteiger partial charge in [0.2, 0.25) is 5.91 Å². The molecule has 186 valence electrons. The maximum Gasteiger partial charge on any atom is 0.306 e.